The Hall–Kier alpha value is -0.0800. The molecule has 2 heteroatoms. The van der Waals surface area contributed by atoms with Gasteiger partial charge in [0, 0.05) is 26.2 Å². The molecule has 0 saturated heterocycles. The standard InChI is InChI=1S/C16H36N2/c1-5-9-11-13-15-18(17(7-3)8-4)16-14-12-10-6-2/h5-16H2,1-4H3. The molecule has 0 fully saturated rings. The highest BCUT2D eigenvalue weighted by molar-refractivity contribution is 4.57. The summed E-state index contributed by atoms with van der Waals surface area (Å²) in [5.74, 6) is 0. The first-order valence-corrected chi connectivity index (χ1v) is 8.29. The van der Waals surface area contributed by atoms with E-state index in [-0.39, 0.29) is 0 Å². The lowest BCUT2D eigenvalue weighted by molar-refractivity contribution is -0.0191. The van der Waals surface area contributed by atoms with E-state index >= 15 is 0 Å². The van der Waals surface area contributed by atoms with Crippen molar-refractivity contribution in [2.75, 3.05) is 26.2 Å². The SMILES string of the molecule is CCCCCCN(CCCCCC)N(CC)CC. The topological polar surface area (TPSA) is 6.48 Å². The number of unbranched alkanes of at least 4 members (excludes halogenated alkanes) is 6. The highest BCUT2D eigenvalue weighted by Crippen LogP contribution is 2.08. The molecule has 0 aliphatic carbocycles. The average Bonchev–Trinajstić information content (AvgIpc) is 2.40. The maximum absolute atomic E-state index is 2.60. The van der Waals surface area contributed by atoms with Crippen molar-refractivity contribution in [3.05, 3.63) is 0 Å². The van der Waals surface area contributed by atoms with Crippen LogP contribution < -0.4 is 0 Å². The van der Waals surface area contributed by atoms with Crippen molar-refractivity contribution in [3.8, 4) is 0 Å². The molecule has 0 aromatic heterocycles. The lowest BCUT2D eigenvalue weighted by atomic mass is 10.2. The second-order valence-corrected chi connectivity index (χ2v) is 5.21. The van der Waals surface area contributed by atoms with E-state index in [1.165, 1.54) is 64.5 Å². The fourth-order valence-corrected chi connectivity index (χ4v) is 2.46. The summed E-state index contributed by atoms with van der Waals surface area (Å²) in [6.45, 7) is 13.9. The maximum atomic E-state index is 2.60. The Bertz CT molecular complexity index is 143. The zero-order valence-corrected chi connectivity index (χ0v) is 13.4. The normalized spacial score (nSPS) is 11.7. The van der Waals surface area contributed by atoms with Gasteiger partial charge in [-0.2, -0.15) is 0 Å². The van der Waals surface area contributed by atoms with Crippen molar-refractivity contribution >= 4 is 0 Å². The summed E-state index contributed by atoms with van der Waals surface area (Å²) >= 11 is 0. The van der Waals surface area contributed by atoms with Gasteiger partial charge >= 0.3 is 0 Å². The van der Waals surface area contributed by atoms with Gasteiger partial charge in [0.1, 0.15) is 0 Å². The van der Waals surface area contributed by atoms with E-state index in [9.17, 15) is 0 Å². The van der Waals surface area contributed by atoms with Crippen LogP contribution in [0.4, 0.5) is 0 Å². The molecule has 0 radical (unpaired) electrons. The number of nitrogens with zero attached hydrogens (tertiary/aromatic N) is 2. The summed E-state index contributed by atoms with van der Waals surface area (Å²) in [4.78, 5) is 0. The minimum atomic E-state index is 1.15. The molecule has 0 amide bonds. The number of hydrogen-bond acceptors (Lipinski definition) is 2. The van der Waals surface area contributed by atoms with Gasteiger partial charge < -0.3 is 0 Å². The minimum Gasteiger partial charge on any atom is -0.242 e. The summed E-state index contributed by atoms with van der Waals surface area (Å²) in [6, 6.07) is 0. The Morgan fingerprint density at radius 3 is 1.28 bits per heavy atom. The van der Waals surface area contributed by atoms with Crippen LogP contribution in [-0.4, -0.2) is 36.2 Å². The van der Waals surface area contributed by atoms with E-state index in [4.69, 9.17) is 0 Å². The molecule has 2 nitrogen and oxygen atoms in total. The lowest BCUT2D eigenvalue weighted by Gasteiger charge is -2.33. The molecule has 0 unspecified atom stereocenters. The van der Waals surface area contributed by atoms with Crippen LogP contribution >= 0.6 is 0 Å². The highest BCUT2D eigenvalue weighted by atomic mass is 15.6. The van der Waals surface area contributed by atoms with Crippen LogP contribution in [-0.2, 0) is 0 Å². The van der Waals surface area contributed by atoms with E-state index in [0.29, 0.717) is 0 Å². The minimum absolute atomic E-state index is 1.15. The van der Waals surface area contributed by atoms with Crippen LogP contribution in [0.1, 0.15) is 79.1 Å². The van der Waals surface area contributed by atoms with Crippen molar-refractivity contribution in [2.45, 2.75) is 79.1 Å². The number of hydrazine groups is 1. The first kappa shape index (κ1) is 17.9. The van der Waals surface area contributed by atoms with E-state index in [0.717, 1.165) is 13.1 Å². The summed E-state index contributed by atoms with van der Waals surface area (Å²) in [6.07, 6.45) is 11.0. The molecule has 0 saturated carbocycles. The van der Waals surface area contributed by atoms with E-state index in [1.807, 2.05) is 0 Å². The first-order chi connectivity index (χ1) is 8.79. The van der Waals surface area contributed by atoms with Crippen LogP contribution in [0.2, 0.25) is 0 Å². The Kier molecular flexibility index (Phi) is 13.3. The molecule has 0 rings (SSSR count). The van der Waals surface area contributed by atoms with Gasteiger partial charge in [0.2, 0.25) is 0 Å². The highest BCUT2D eigenvalue weighted by Gasteiger charge is 2.10. The molecular formula is C16H36N2. The third kappa shape index (κ3) is 8.93. The fourth-order valence-electron chi connectivity index (χ4n) is 2.46. The zero-order chi connectivity index (χ0) is 13.6. The van der Waals surface area contributed by atoms with E-state index < -0.39 is 0 Å². The third-order valence-corrected chi connectivity index (χ3v) is 3.67. The van der Waals surface area contributed by atoms with Crippen molar-refractivity contribution in [1.82, 2.24) is 10.0 Å². The van der Waals surface area contributed by atoms with Gasteiger partial charge in [-0.15, -0.1) is 0 Å². The molecule has 0 aliphatic heterocycles. The van der Waals surface area contributed by atoms with Crippen LogP contribution in [0, 0.1) is 0 Å². The molecule has 0 heterocycles. The van der Waals surface area contributed by atoms with Gasteiger partial charge in [-0.1, -0.05) is 66.2 Å². The molecule has 0 bridgehead atoms. The van der Waals surface area contributed by atoms with Gasteiger partial charge in [-0.25, -0.2) is 10.0 Å². The van der Waals surface area contributed by atoms with Gasteiger partial charge in [0.25, 0.3) is 0 Å². The quantitative estimate of drug-likeness (QED) is 0.348. The summed E-state index contributed by atoms with van der Waals surface area (Å²) < 4.78 is 0. The second kappa shape index (κ2) is 13.4. The maximum Gasteiger partial charge on any atom is 0.0133 e. The van der Waals surface area contributed by atoms with Crippen LogP contribution in [0.15, 0.2) is 0 Å². The van der Waals surface area contributed by atoms with Gasteiger partial charge in [-0.3, -0.25) is 0 Å². The van der Waals surface area contributed by atoms with Crippen molar-refractivity contribution in [3.63, 3.8) is 0 Å². The molecule has 0 N–H and O–H groups in total. The zero-order valence-electron chi connectivity index (χ0n) is 13.4. The molecule has 0 aromatic rings. The monoisotopic (exact) mass is 256 g/mol. The Morgan fingerprint density at radius 1 is 0.500 bits per heavy atom. The first-order valence-electron chi connectivity index (χ1n) is 8.29. The predicted octanol–water partition coefficient (Wildman–Crippen LogP) is 4.71. The predicted molar refractivity (Wildman–Crippen MR) is 82.8 cm³/mol. The Balaban J connectivity index is 3.91. The van der Waals surface area contributed by atoms with Gasteiger partial charge in [0.15, 0.2) is 0 Å². The molecular weight excluding hydrogens is 220 g/mol. The van der Waals surface area contributed by atoms with Gasteiger partial charge in [0.05, 0.1) is 0 Å². The Morgan fingerprint density at radius 2 is 0.944 bits per heavy atom. The third-order valence-electron chi connectivity index (χ3n) is 3.67. The smallest absolute Gasteiger partial charge is 0.0133 e. The largest absolute Gasteiger partial charge is 0.242 e. The number of rotatable bonds is 13. The molecule has 0 aromatic carbocycles. The molecule has 0 atom stereocenters. The van der Waals surface area contributed by atoms with Crippen molar-refractivity contribution < 1.29 is 0 Å². The summed E-state index contributed by atoms with van der Waals surface area (Å²) in [5, 5.41) is 5.11. The van der Waals surface area contributed by atoms with Crippen LogP contribution in [0.5, 0.6) is 0 Å². The van der Waals surface area contributed by atoms with E-state index in [1.54, 1.807) is 0 Å². The van der Waals surface area contributed by atoms with Crippen molar-refractivity contribution in [1.29, 1.82) is 0 Å². The lowest BCUT2D eigenvalue weighted by Crippen LogP contribution is -2.43. The molecule has 0 spiro atoms. The molecule has 110 valence electrons. The van der Waals surface area contributed by atoms with E-state index in [2.05, 4.69) is 37.7 Å². The summed E-state index contributed by atoms with van der Waals surface area (Å²) in [7, 11) is 0. The average molecular weight is 256 g/mol. The van der Waals surface area contributed by atoms with Crippen molar-refractivity contribution in [2.24, 2.45) is 0 Å². The molecule has 18 heavy (non-hydrogen) atoms. The fraction of sp³-hybridized carbons (Fsp3) is 1.00. The van der Waals surface area contributed by atoms with Crippen LogP contribution in [0.25, 0.3) is 0 Å². The summed E-state index contributed by atoms with van der Waals surface area (Å²) in [5.41, 5.74) is 0. The number of hydrogen-bond donors (Lipinski definition) is 0. The molecule has 0 aliphatic rings. The van der Waals surface area contributed by atoms with Crippen LogP contribution in [0.3, 0.4) is 0 Å². The Labute approximate surface area is 116 Å². The van der Waals surface area contributed by atoms with Gasteiger partial charge in [-0.05, 0) is 12.8 Å². The second-order valence-electron chi connectivity index (χ2n) is 5.21.